The topological polar surface area (TPSA) is 102 Å². The van der Waals surface area contributed by atoms with E-state index in [4.69, 9.17) is 21.1 Å². The lowest BCUT2D eigenvalue weighted by Gasteiger charge is -2.45. The Labute approximate surface area is 229 Å². The Balaban J connectivity index is 1.20. The number of carbonyl (C=O) groups is 4. The summed E-state index contributed by atoms with van der Waals surface area (Å²) in [4.78, 5) is 54.1. The molecule has 3 aliphatic carbocycles. The number of hydrogen-bond donors (Lipinski definition) is 1. The molecule has 3 atom stereocenters. The Kier molecular flexibility index (Phi) is 6.14. The molecule has 1 fully saturated rings. The van der Waals surface area contributed by atoms with E-state index in [2.05, 4.69) is 5.32 Å². The molecule has 1 aliphatic heterocycles. The standard InChI is InChI=1S/C30H25ClN2O6/c1-15(30(37)39-14-23(34)32-21-13-16(31)11-12-22(21)38-2)33-28(35)26-24-17-7-3-4-8-18(17)25(27(26)29(33)36)20-10-6-5-9-19(20)24/h3-13,15,24-27H,14H2,1-2H3,(H,32,34)/t15-,24?,25?,26+,27+/m0/s1. The normalized spacial score (nSPS) is 23.0. The Morgan fingerprint density at radius 2 is 1.41 bits per heavy atom. The van der Waals surface area contributed by atoms with Crippen molar-refractivity contribution in [2.24, 2.45) is 11.8 Å². The first-order valence-electron chi connectivity index (χ1n) is 12.7. The largest absolute Gasteiger partial charge is 0.495 e. The van der Waals surface area contributed by atoms with Crippen LogP contribution in [0.2, 0.25) is 5.02 Å². The van der Waals surface area contributed by atoms with Crippen LogP contribution in [0.1, 0.15) is 41.0 Å². The lowest BCUT2D eigenvalue weighted by Crippen LogP contribution is -2.45. The smallest absolute Gasteiger partial charge is 0.329 e. The maximum absolute atomic E-state index is 13.8. The van der Waals surface area contributed by atoms with E-state index in [1.54, 1.807) is 12.1 Å². The summed E-state index contributed by atoms with van der Waals surface area (Å²) in [7, 11) is 1.45. The van der Waals surface area contributed by atoms with Gasteiger partial charge in [-0.25, -0.2) is 4.79 Å². The Hall–Kier alpha value is -4.17. The average molecular weight is 545 g/mol. The zero-order valence-electron chi connectivity index (χ0n) is 21.2. The fourth-order valence-electron chi connectivity index (χ4n) is 6.41. The van der Waals surface area contributed by atoms with E-state index in [1.807, 2.05) is 48.5 Å². The van der Waals surface area contributed by atoms with Gasteiger partial charge >= 0.3 is 5.97 Å². The van der Waals surface area contributed by atoms with Crippen LogP contribution < -0.4 is 10.1 Å². The molecule has 0 spiro atoms. The van der Waals surface area contributed by atoms with Crippen molar-refractivity contribution >= 4 is 41.0 Å². The van der Waals surface area contributed by atoms with Gasteiger partial charge in [-0.3, -0.25) is 19.3 Å². The van der Waals surface area contributed by atoms with Crippen molar-refractivity contribution in [3.63, 3.8) is 0 Å². The molecule has 3 amide bonds. The van der Waals surface area contributed by atoms with Crippen LogP contribution in [-0.4, -0.2) is 48.3 Å². The Bertz CT molecular complexity index is 1420. The number of esters is 1. The van der Waals surface area contributed by atoms with Crippen molar-refractivity contribution < 1.29 is 28.7 Å². The first-order valence-corrected chi connectivity index (χ1v) is 13.0. The van der Waals surface area contributed by atoms with Crippen LogP contribution in [-0.2, 0) is 23.9 Å². The molecule has 0 aromatic heterocycles. The third-order valence-electron chi connectivity index (χ3n) is 7.99. The molecule has 0 radical (unpaired) electrons. The zero-order chi connectivity index (χ0) is 27.4. The van der Waals surface area contributed by atoms with Gasteiger partial charge < -0.3 is 14.8 Å². The van der Waals surface area contributed by atoms with Crippen LogP contribution in [0, 0.1) is 11.8 Å². The monoisotopic (exact) mass is 544 g/mol. The van der Waals surface area contributed by atoms with Crippen molar-refractivity contribution in [1.82, 2.24) is 4.90 Å². The number of likely N-dealkylation sites (tertiary alicyclic amines) is 1. The maximum atomic E-state index is 13.8. The molecule has 4 aliphatic rings. The number of hydrogen-bond acceptors (Lipinski definition) is 6. The molecule has 1 N–H and O–H groups in total. The van der Waals surface area contributed by atoms with Gasteiger partial charge in [0.15, 0.2) is 6.61 Å². The second-order valence-corrected chi connectivity index (χ2v) is 10.4. The highest BCUT2D eigenvalue weighted by Crippen LogP contribution is 2.61. The van der Waals surface area contributed by atoms with Crippen LogP contribution in [0.3, 0.4) is 0 Å². The number of ether oxygens (including phenoxy) is 2. The molecule has 1 heterocycles. The van der Waals surface area contributed by atoms with Gasteiger partial charge in [0.1, 0.15) is 11.8 Å². The molecule has 198 valence electrons. The first kappa shape index (κ1) is 25.1. The van der Waals surface area contributed by atoms with Crippen LogP contribution in [0.15, 0.2) is 66.7 Å². The Morgan fingerprint density at radius 1 is 0.897 bits per heavy atom. The van der Waals surface area contributed by atoms with E-state index >= 15 is 0 Å². The molecule has 8 nitrogen and oxygen atoms in total. The van der Waals surface area contributed by atoms with Crippen molar-refractivity contribution in [2.75, 3.05) is 19.0 Å². The van der Waals surface area contributed by atoms with Crippen molar-refractivity contribution in [1.29, 1.82) is 0 Å². The number of anilines is 1. The van der Waals surface area contributed by atoms with Crippen LogP contribution in [0.4, 0.5) is 5.69 Å². The van der Waals surface area contributed by atoms with Gasteiger partial charge in [0.25, 0.3) is 5.91 Å². The SMILES string of the molecule is COc1ccc(Cl)cc1NC(=O)COC(=O)[C@H](C)N1C(=O)[C@@H]2C3c4ccccc4C(c4ccccc43)[C@H]2C1=O. The van der Waals surface area contributed by atoms with Gasteiger partial charge in [-0.15, -0.1) is 0 Å². The summed E-state index contributed by atoms with van der Waals surface area (Å²) in [5, 5.41) is 2.98. The Morgan fingerprint density at radius 3 is 1.90 bits per heavy atom. The minimum Gasteiger partial charge on any atom is -0.495 e. The van der Waals surface area contributed by atoms with Crippen molar-refractivity contribution in [3.05, 3.63) is 94.0 Å². The predicted molar refractivity (Wildman–Crippen MR) is 142 cm³/mol. The number of nitrogens with zero attached hydrogens (tertiary/aromatic N) is 1. The van der Waals surface area contributed by atoms with Crippen LogP contribution >= 0.6 is 11.6 Å². The number of rotatable bonds is 6. The summed E-state index contributed by atoms with van der Waals surface area (Å²) < 4.78 is 10.4. The molecule has 39 heavy (non-hydrogen) atoms. The minimum absolute atomic E-state index is 0.268. The molecule has 3 aromatic rings. The average Bonchev–Trinajstić information content (AvgIpc) is 3.21. The number of methoxy groups -OCH3 is 1. The summed E-state index contributed by atoms with van der Waals surface area (Å²) >= 11 is 6.00. The summed E-state index contributed by atoms with van der Waals surface area (Å²) in [5.74, 6) is -3.57. The van der Waals surface area contributed by atoms with E-state index in [-0.39, 0.29) is 23.7 Å². The van der Waals surface area contributed by atoms with E-state index in [0.717, 1.165) is 27.2 Å². The molecule has 0 unspecified atom stereocenters. The molecular formula is C30H25ClN2O6. The van der Waals surface area contributed by atoms with Gasteiger partial charge in [0.05, 0.1) is 24.6 Å². The van der Waals surface area contributed by atoms with E-state index < -0.39 is 36.4 Å². The summed E-state index contributed by atoms with van der Waals surface area (Å²) in [6, 6.07) is 19.4. The number of benzene rings is 3. The summed E-state index contributed by atoms with van der Waals surface area (Å²) in [6.45, 7) is 0.847. The second-order valence-electron chi connectivity index (χ2n) is 9.99. The number of carbonyl (C=O) groups excluding carboxylic acids is 4. The van der Waals surface area contributed by atoms with Crippen molar-refractivity contribution in [2.45, 2.75) is 24.8 Å². The zero-order valence-corrected chi connectivity index (χ0v) is 22.0. The summed E-state index contributed by atoms with van der Waals surface area (Å²) in [5.41, 5.74) is 4.52. The third-order valence-corrected chi connectivity index (χ3v) is 8.23. The van der Waals surface area contributed by atoms with Gasteiger partial charge in [0, 0.05) is 16.9 Å². The van der Waals surface area contributed by atoms with Crippen molar-refractivity contribution in [3.8, 4) is 5.75 Å². The molecule has 9 heteroatoms. The molecular weight excluding hydrogens is 520 g/mol. The molecule has 0 saturated carbocycles. The maximum Gasteiger partial charge on any atom is 0.329 e. The first-order chi connectivity index (χ1) is 18.8. The minimum atomic E-state index is -1.19. The lowest BCUT2D eigenvalue weighted by molar-refractivity contribution is -0.159. The third kappa shape index (κ3) is 3.89. The summed E-state index contributed by atoms with van der Waals surface area (Å²) in [6.07, 6.45) is 0. The van der Waals surface area contributed by atoms with Gasteiger partial charge in [0.2, 0.25) is 11.8 Å². The fourth-order valence-corrected chi connectivity index (χ4v) is 6.58. The van der Waals surface area contributed by atoms with Crippen LogP contribution in [0.25, 0.3) is 0 Å². The van der Waals surface area contributed by atoms with Gasteiger partial charge in [-0.1, -0.05) is 60.1 Å². The number of imide groups is 1. The number of nitrogens with one attached hydrogen (secondary N) is 1. The van der Waals surface area contributed by atoms with E-state index in [0.29, 0.717) is 16.5 Å². The highest BCUT2D eigenvalue weighted by atomic mass is 35.5. The van der Waals surface area contributed by atoms with Gasteiger partial charge in [-0.05, 0) is 47.4 Å². The van der Waals surface area contributed by atoms with Gasteiger partial charge in [-0.2, -0.15) is 0 Å². The lowest BCUT2D eigenvalue weighted by atomic mass is 9.55. The number of amides is 3. The fraction of sp³-hybridized carbons (Fsp3) is 0.267. The number of halogens is 1. The molecule has 1 saturated heterocycles. The highest BCUT2D eigenvalue weighted by molar-refractivity contribution is 6.31. The highest BCUT2D eigenvalue weighted by Gasteiger charge is 2.62. The molecule has 7 rings (SSSR count). The van der Waals surface area contributed by atoms with E-state index in [9.17, 15) is 19.2 Å². The second kappa shape index (κ2) is 9.54. The van der Waals surface area contributed by atoms with Crippen LogP contribution in [0.5, 0.6) is 5.75 Å². The predicted octanol–water partition coefficient (Wildman–Crippen LogP) is 4.11. The molecule has 3 aromatic carbocycles. The quantitative estimate of drug-likeness (QED) is 0.370. The molecule has 2 bridgehead atoms. The van der Waals surface area contributed by atoms with E-state index in [1.165, 1.54) is 20.1 Å².